The lowest BCUT2D eigenvalue weighted by molar-refractivity contribution is 0.0910. The highest BCUT2D eigenvalue weighted by Gasteiger charge is 2.33. The van der Waals surface area contributed by atoms with E-state index in [9.17, 15) is 4.79 Å². The highest BCUT2D eigenvalue weighted by molar-refractivity contribution is 6.01. The minimum absolute atomic E-state index is 0.0957. The van der Waals surface area contributed by atoms with Gasteiger partial charge in [0.05, 0.1) is 34.0 Å². The zero-order valence-corrected chi connectivity index (χ0v) is 15.9. The van der Waals surface area contributed by atoms with Crippen molar-refractivity contribution in [2.75, 3.05) is 27.9 Å². The van der Waals surface area contributed by atoms with Crippen molar-refractivity contribution in [2.24, 2.45) is 0 Å². The molecule has 2 aromatic carbocycles. The number of ketones is 1. The van der Waals surface area contributed by atoms with Crippen LogP contribution in [0, 0.1) is 0 Å². The number of nitrogens with one attached hydrogen (secondary N) is 2. The summed E-state index contributed by atoms with van der Waals surface area (Å²) in [4.78, 5) is 16.3. The summed E-state index contributed by atoms with van der Waals surface area (Å²) in [5, 5.41) is 4.35. The van der Waals surface area contributed by atoms with Crippen LogP contribution < -0.4 is 19.5 Å². The first kappa shape index (κ1) is 18.3. The number of H-pyrrole nitrogens is 1. The van der Waals surface area contributed by atoms with Gasteiger partial charge in [0, 0.05) is 28.2 Å². The first-order valence-electron chi connectivity index (χ1n) is 8.94. The zero-order chi connectivity index (χ0) is 19.7. The molecule has 1 saturated heterocycles. The maximum absolute atomic E-state index is 13.1. The maximum Gasteiger partial charge on any atom is 0.203 e. The van der Waals surface area contributed by atoms with E-state index in [2.05, 4.69) is 10.3 Å². The number of para-hydroxylation sites is 1. The van der Waals surface area contributed by atoms with E-state index in [1.807, 2.05) is 30.5 Å². The number of methoxy groups -OCH3 is 3. The van der Waals surface area contributed by atoms with Crippen molar-refractivity contribution in [1.29, 1.82) is 0 Å². The molecule has 0 spiro atoms. The molecule has 1 fully saturated rings. The zero-order valence-electron chi connectivity index (χ0n) is 15.9. The van der Waals surface area contributed by atoms with Crippen LogP contribution in [0.1, 0.15) is 22.1 Å². The van der Waals surface area contributed by atoms with E-state index in [0.717, 1.165) is 16.5 Å². The van der Waals surface area contributed by atoms with Crippen LogP contribution >= 0.6 is 0 Å². The van der Waals surface area contributed by atoms with Gasteiger partial charge in [0.15, 0.2) is 17.3 Å². The van der Waals surface area contributed by atoms with Crippen LogP contribution in [-0.4, -0.2) is 44.7 Å². The number of aromatic nitrogens is 1. The molecule has 0 amide bonds. The van der Waals surface area contributed by atoms with Crippen molar-refractivity contribution in [2.45, 2.75) is 12.3 Å². The summed E-state index contributed by atoms with van der Waals surface area (Å²) < 4.78 is 21.9. The number of rotatable bonds is 6. The van der Waals surface area contributed by atoms with E-state index in [1.165, 1.54) is 21.3 Å². The number of hydrogen-bond donors (Lipinski definition) is 2. The molecule has 0 aliphatic carbocycles. The number of hydrogen-bond acceptors (Lipinski definition) is 6. The number of carbonyl (C=O) groups excluding carboxylic acids is 1. The topological polar surface area (TPSA) is 81.8 Å². The molecular weight excluding hydrogens is 360 g/mol. The highest BCUT2D eigenvalue weighted by atomic mass is 16.5. The van der Waals surface area contributed by atoms with Crippen molar-refractivity contribution in [3.63, 3.8) is 0 Å². The summed E-state index contributed by atoms with van der Waals surface area (Å²) >= 11 is 0. The normalized spacial score (nSPS) is 19.0. The standard InChI is InChI=1S/C21H22N2O5/c1-25-17-8-12(9-18(26-2)20(17)27-3)19(24)16-11-28-21(23-16)14-10-22-15-7-5-4-6-13(14)15/h4-10,16,21-23H,11H2,1-3H3. The average Bonchev–Trinajstić information content (AvgIpc) is 3.38. The molecule has 7 heteroatoms. The lowest BCUT2D eigenvalue weighted by Crippen LogP contribution is -2.34. The van der Waals surface area contributed by atoms with Gasteiger partial charge in [-0.2, -0.15) is 0 Å². The van der Waals surface area contributed by atoms with Crippen LogP contribution in [0.3, 0.4) is 0 Å². The molecule has 2 heterocycles. The summed E-state index contributed by atoms with van der Waals surface area (Å²) in [7, 11) is 4.57. The molecule has 146 valence electrons. The fourth-order valence-electron chi connectivity index (χ4n) is 3.54. The third kappa shape index (κ3) is 3.08. The highest BCUT2D eigenvalue weighted by Crippen LogP contribution is 2.39. The Balaban J connectivity index is 1.58. The molecule has 1 aliphatic heterocycles. The molecule has 0 bridgehead atoms. The van der Waals surface area contributed by atoms with Crippen molar-refractivity contribution in [1.82, 2.24) is 10.3 Å². The minimum atomic E-state index is -0.471. The summed E-state index contributed by atoms with van der Waals surface area (Å²) in [6.45, 7) is 0.277. The molecular formula is C21H22N2O5. The average molecular weight is 382 g/mol. The smallest absolute Gasteiger partial charge is 0.203 e. The van der Waals surface area contributed by atoms with E-state index < -0.39 is 6.04 Å². The largest absolute Gasteiger partial charge is 0.493 e. The summed E-state index contributed by atoms with van der Waals surface area (Å²) in [6, 6.07) is 10.8. The Morgan fingerprint density at radius 3 is 2.46 bits per heavy atom. The second-order valence-corrected chi connectivity index (χ2v) is 6.50. The second kappa shape index (κ2) is 7.53. The van der Waals surface area contributed by atoms with Crippen LogP contribution in [-0.2, 0) is 4.74 Å². The van der Waals surface area contributed by atoms with E-state index in [4.69, 9.17) is 18.9 Å². The van der Waals surface area contributed by atoms with Gasteiger partial charge in [0.2, 0.25) is 5.75 Å². The van der Waals surface area contributed by atoms with E-state index in [-0.39, 0.29) is 18.6 Å². The molecule has 4 rings (SSSR count). The van der Waals surface area contributed by atoms with Crippen molar-refractivity contribution in [3.05, 3.63) is 53.7 Å². The molecule has 28 heavy (non-hydrogen) atoms. The van der Waals surface area contributed by atoms with Crippen LogP contribution in [0.2, 0.25) is 0 Å². The molecule has 2 unspecified atom stereocenters. The molecule has 0 saturated carbocycles. The van der Waals surface area contributed by atoms with Crippen molar-refractivity contribution in [3.8, 4) is 17.2 Å². The molecule has 2 atom stereocenters. The number of benzene rings is 2. The Hall–Kier alpha value is -3.03. The Kier molecular flexibility index (Phi) is 4.93. The number of Topliss-reactive ketones (excluding diaryl/α,β-unsaturated/α-hetero) is 1. The monoisotopic (exact) mass is 382 g/mol. The van der Waals surface area contributed by atoms with Gasteiger partial charge in [-0.25, -0.2) is 0 Å². The maximum atomic E-state index is 13.1. The van der Waals surface area contributed by atoms with E-state index in [1.54, 1.807) is 12.1 Å². The number of aromatic amines is 1. The number of fused-ring (bicyclic) bond motifs is 1. The fourth-order valence-corrected chi connectivity index (χ4v) is 3.54. The summed E-state index contributed by atoms with van der Waals surface area (Å²) in [6.07, 6.45) is 1.56. The molecule has 0 radical (unpaired) electrons. The first-order chi connectivity index (χ1) is 13.7. The van der Waals surface area contributed by atoms with Gasteiger partial charge in [-0.05, 0) is 18.2 Å². The van der Waals surface area contributed by atoms with Gasteiger partial charge < -0.3 is 23.9 Å². The van der Waals surface area contributed by atoms with Crippen LogP contribution in [0.4, 0.5) is 0 Å². The minimum Gasteiger partial charge on any atom is -0.493 e. The fraction of sp³-hybridized carbons (Fsp3) is 0.286. The lowest BCUT2D eigenvalue weighted by atomic mass is 10.0. The van der Waals surface area contributed by atoms with Gasteiger partial charge in [-0.1, -0.05) is 18.2 Å². The van der Waals surface area contributed by atoms with Gasteiger partial charge in [0.25, 0.3) is 0 Å². The van der Waals surface area contributed by atoms with Crippen molar-refractivity contribution < 1.29 is 23.7 Å². The van der Waals surface area contributed by atoms with Crippen LogP contribution in [0.15, 0.2) is 42.6 Å². The molecule has 2 N–H and O–H groups in total. The number of carbonyl (C=O) groups is 1. The third-order valence-electron chi connectivity index (χ3n) is 4.95. The van der Waals surface area contributed by atoms with Crippen molar-refractivity contribution >= 4 is 16.7 Å². The Morgan fingerprint density at radius 2 is 1.79 bits per heavy atom. The Labute approximate surface area is 162 Å². The van der Waals surface area contributed by atoms with E-state index in [0.29, 0.717) is 22.8 Å². The van der Waals surface area contributed by atoms with E-state index >= 15 is 0 Å². The first-order valence-corrected chi connectivity index (χ1v) is 8.94. The Morgan fingerprint density at radius 1 is 1.07 bits per heavy atom. The van der Waals surface area contributed by atoms with Gasteiger partial charge in [0.1, 0.15) is 6.23 Å². The van der Waals surface area contributed by atoms with Gasteiger partial charge in [-0.3, -0.25) is 10.1 Å². The predicted molar refractivity (Wildman–Crippen MR) is 104 cm³/mol. The third-order valence-corrected chi connectivity index (χ3v) is 4.95. The molecule has 3 aromatic rings. The summed E-state index contributed by atoms with van der Waals surface area (Å²) in [5.74, 6) is 1.24. The van der Waals surface area contributed by atoms with Gasteiger partial charge >= 0.3 is 0 Å². The number of ether oxygens (including phenoxy) is 4. The van der Waals surface area contributed by atoms with Crippen LogP contribution in [0.5, 0.6) is 17.2 Å². The van der Waals surface area contributed by atoms with Gasteiger partial charge in [-0.15, -0.1) is 0 Å². The molecule has 1 aromatic heterocycles. The van der Waals surface area contributed by atoms with Crippen LogP contribution in [0.25, 0.3) is 10.9 Å². The second-order valence-electron chi connectivity index (χ2n) is 6.50. The Bertz CT molecular complexity index is 988. The quantitative estimate of drug-likeness (QED) is 0.638. The summed E-state index contributed by atoms with van der Waals surface area (Å²) in [5.41, 5.74) is 2.48. The molecule has 1 aliphatic rings. The molecule has 7 nitrogen and oxygen atoms in total. The SMILES string of the molecule is COc1cc(C(=O)C2COC(c3c[nH]c4ccccc34)N2)cc(OC)c1OC. The lowest BCUT2D eigenvalue weighted by Gasteiger charge is -2.15. The predicted octanol–water partition coefficient (Wildman–Crippen LogP) is 3.06.